The lowest BCUT2D eigenvalue weighted by molar-refractivity contribution is -0.112. The number of hydrogen-bond donors (Lipinski definition) is 1. The zero-order valence-electron chi connectivity index (χ0n) is 11.4. The summed E-state index contributed by atoms with van der Waals surface area (Å²) in [5.74, 6) is -2.24. The highest BCUT2D eigenvalue weighted by atomic mass is 35.5. The van der Waals surface area contributed by atoms with Crippen molar-refractivity contribution in [3.63, 3.8) is 0 Å². The average molecular weight is 353 g/mol. The molecular weight excluding hydrogens is 345 g/mol. The number of anilines is 1. The standard InChI is InChI=1S/C16H8Cl2F2N2O/c17-11-1-4-15(13(18)7-11)22-16(23)10(8-21)5-9-6-12(19)2-3-14(9)20/h1-7H,(H,22,23). The maximum Gasteiger partial charge on any atom is 0.266 e. The Hall–Kier alpha value is -2.42. The highest BCUT2D eigenvalue weighted by Crippen LogP contribution is 2.26. The van der Waals surface area contributed by atoms with Gasteiger partial charge in [0, 0.05) is 10.6 Å². The summed E-state index contributed by atoms with van der Waals surface area (Å²) in [5, 5.41) is 12.0. The van der Waals surface area contributed by atoms with E-state index in [4.69, 9.17) is 28.5 Å². The Kier molecular flexibility index (Phi) is 5.32. The van der Waals surface area contributed by atoms with Gasteiger partial charge in [0.25, 0.3) is 5.91 Å². The SMILES string of the molecule is N#CC(=Cc1cc(F)ccc1F)C(=O)Nc1ccc(Cl)cc1Cl. The number of nitriles is 1. The van der Waals surface area contributed by atoms with Crippen LogP contribution in [0.15, 0.2) is 42.0 Å². The summed E-state index contributed by atoms with van der Waals surface area (Å²) < 4.78 is 26.7. The Bertz CT molecular complexity index is 844. The second-order valence-electron chi connectivity index (χ2n) is 4.41. The van der Waals surface area contributed by atoms with Gasteiger partial charge >= 0.3 is 0 Å². The largest absolute Gasteiger partial charge is 0.320 e. The van der Waals surface area contributed by atoms with E-state index in [1.807, 2.05) is 0 Å². The van der Waals surface area contributed by atoms with Crippen molar-refractivity contribution in [2.45, 2.75) is 0 Å². The minimum absolute atomic E-state index is 0.181. The molecule has 2 aromatic rings. The van der Waals surface area contributed by atoms with E-state index in [1.165, 1.54) is 18.2 Å². The Labute approximate surface area is 140 Å². The first-order chi connectivity index (χ1) is 10.9. The van der Waals surface area contributed by atoms with Crippen molar-refractivity contribution in [1.82, 2.24) is 0 Å². The van der Waals surface area contributed by atoms with Gasteiger partial charge in [-0.25, -0.2) is 8.78 Å². The van der Waals surface area contributed by atoms with Crippen LogP contribution in [0.3, 0.4) is 0 Å². The molecule has 1 amide bonds. The molecule has 0 fully saturated rings. The number of carbonyl (C=O) groups excluding carboxylic acids is 1. The number of nitrogens with one attached hydrogen (secondary N) is 1. The van der Waals surface area contributed by atoms with Gasteiger partial charge in [-0.05, 0) is 42.5 Å². The maximum absolute atomic E-state index is 13.6. The van der Waals surface area contributed by atoms with Crippen molar-refractivity contribution in [3.8, 4) is 6.07 Å². The van der Waals surface area contributed by atoms with Gasteiger partial charge in [-0.15, -0.1) is 0 Å². The van der Waals surface area contributed by atoms with Gasteiger partial charge in [0.2, 0.25) is 0 Å². The van der Waals surface area contributed by atoms with Gasteiger partial charge in [0.1, 0.15) is 23.3 Å². The average Bonchev–Trinajstić information content (AvgIpc) is 2.50. The fraction of sp³-hybridized carbons (Fsp3) is 0. The molecule has 3 nitrogen and oxygen atoms in total. The molecule has 0 saturated carbocycles. The van der Waals surface area contributed by atoms with Crippen LogP contribution in [0.25, 0.3) is 6.08 Å². The van der Waals surface area contributed by atoms with E-state index in [9.17, 15) is 13.6 Å². The Morgan fingerprint density at radius 2 is 1.91 bits per heavy atom. The molecule has 7 heteroatoms. The predicted octanol–water partition coefficient (Wildman–Crippen LogP) is 4.82. The normalized spacial score (nSPS) is 11.0. The number of benzene rings is 2. The predicted molar refractivity (Wildman–Crippen MR) is 85.0 cm³/mol. The highest BCUT2D eigenvalue weighted by Gasteiger charge is 2.13. The fourth-order valence-electron chi connectivity index (χ4n) is 1.71. The molecular formula is C16H8Cl2F2N2O. The van der Waals surface area contributed by atoms with Crippen LogP contribution < -0.4 is 5.32 Å². The van der Waals surface area contributed by atoms with E-state index in [-0.39, 0.29) is 16.3 Å². The van der Waals surface area contributed by atoms with Crippen LogP contribution in [0, 0.1) is 23.0 Å². The molecule has 1 N–H and O–H groups in total. The smallest absolute Gasteiger partial charge is 0.266 e. The van der Waals surface area contributed by atoms with Crippen molar-refractivity contribution in [2.75, 3.05) is 5.32 Å². The molecule has 2 rings (SSSR count). The van der Waals surface area contributed by atoms with Crippen molar-refractivity contribution < 1.29 is 13.6 Å². The van der Waals surface area contributed by atoms with Gasteiger partial charge in [0.15, 0.2) is 0 Å². The number of hydrogen-bond acceptors (Lipinski definition) is 2. The monoisotopic (exact) mass is 352 g/mol. The van der Waals surface area contributed by atoms with E-state index in [2.05, 4.69) is 5.32 Å². The minimum atomic E-state index is -0.805. The molecule has 0 heterocycles. The van der Waals surface area contributed by atoms with E-state index in [0.29, 0.717) is 5.02 Å². The molecule has 0 saturated heterocycles. The maximum atomic E-state index is 13.6. The zero-order chi connectivity index (χ0) is 17.0. The van der Waals surface area contributed by atoms with Gasteiger partial charge < -0.3 is 5.32 Å². The van der Waals surface area contributed by atoms with Gasteiger partial charge in [0.05, 0.1) is 10.7 Å². The third-order valence-electron chi connectivity index (χ3n) is 2.80. The van der Waals surface area contributed by atoms with Crippen molar-refractivity contribution in [1.29, 1.82) is 5.26 Å². The third kappa shape index (κ3) is 4.28. The number of rotatable bonds is 3. The highest BCUT2D eigenvalue weighted by molar-refractivity contribution is 6.36. The first kappa shape index (κ1) is 16.9. The Balaban J connectivity index is 2.30. The number of nitrogens with zero attached hydrogens (tertiary/aromatic N) is 1. The summed E-state index contributed by atoms with van der Waals surface area (Å²) in [5.41, 5.74) is -0.374. The molecule has 0 radical (unpaired) electrons. The molecule has 0 unspecified atom stereocenters. The fourth-order valence-corrected chi connectivity index (χ4v) is 2.17. The lowest BCUT2D eigenvalue weighted by Gasteiger charge is -2.07. The summed E-state index contributed by atoms with van der Waals surface area (Å²) in [6.07, 6.45) is 0.956. The first-order valence-electron chi connectivity index (χ1n) is 6.24. The molecule has 0 aliphatic rings. The third-order valence-corrected chi connectivity index (χ3v) is 3.35. The second-order valence-corrected chi connectivity index (χ2v) is 5.26. The molecule has 116 valence electrons. The summed E-state index contributed by atoms with van der Waals surface area (Å²) in [7, 11) is 0. The quantitative estimate of drug-likeness (QED) is 0.636. The first-order valence-corrected chi connectivity index (χ1v) is 6.99. The van der Waals surface area contributed by atoms with E-state index in [1.54, 1.807) is 6.07 Å². The molecule has 0 atom stereocenters. The molecule has 23 heavy (non-hydrogen) atoms. The molecule has 0 aromatic heterocycles. The van der Waals surface area contributed by atoms with E-state index >= 15 is 0 Å². The molecule has 0 aliphatic carbocycles. The number of carbonyl (C=O) groups is 1. The van der Waals surface area contributed by atoms with Crippen LogP contribution >= 0.6 is 23.2 Å². The van der Waals surface area contributed by atoms with Crippen LogP contribution in [0.4, 0.5) is 14.5 Å². The van der Waals surface area contributed by atoms with Crippen molar-refractivity contribution in [3.05, 3.63) is 69.2 Å². The van der Waals surface area contributed by atoms with Gasteiger partial charge in [-0.1, -0.05) is 23.2 Å². The summed E-state index contributed by atoms with van der Waals surface area (Å²) in [4.78, 5) is 12.1. The number of halogens is 4. The van der Waals surface area contributed by atoms with Crippen LogP contribution in [-0.2, 0) is 4.79 Å². The Morgan fingerprint density at radius 1 is 1.17 bits per heavy atom. The van der Waals surface area contributed by atoms with Crippen molar-refractivity contribution >= 4 is 40.9 Å². The lowest BCUT2D eigenvalue weighted by Crippen LogP contribution is -2.13. The topological polar surface area (TPSA) is 52.9 Å². The molecule has 0 bridgehead atoms. The van der Waals surface area contributed by atoms with Gasteiger partial charge in [-0.2, -0.15) is 5.26 Å². The second kappa shape index (κ2) is 7.23. The summed E-state index contributed by atoms with van der Waals surface area (Å²) in [6.45, 7) is 0. The molecule has 0 aliphatic heterocycles. The van der Waals surface area contributed by atoms with Crippen LogP contribution in [0.2, 0.25) is 10.0 Å². The minimum Gasteiger partial charge on any atom is -0.320 e. The summed E-state index contributed by atoms with van der Waals surface area (Å²) >= 11 is 11.7. The molecule has 0 spiro atoms. The van der Waals surface area contributed by atoms with Crippen molar-refractivity contribution in [2.24, 2.45) is 0 Å². The Morgan fingerprint density at radius 3 is 2.57 bits per heavy atom. The van der Waals surface area contributed by atoms with E-state index < -0.39 is 23.1 Å². The number of amides is 1. The van der Waals surface area contributed by atoms with Crippen LogP contribution in [0.5, 0.6) is 0 Å². The van der Waals surface area contributed by atoms with E-state index in [0.717, 1.165) is 24.3 Å². The molecule has 2 aromatic carbocycles. The lowest BCUT2D eigenvalue weighted by atomic mass is 10.1. The van der Waals surface area contributed by atoms with Crippen LogP contribution in [0.1, 0.15) is 5.56 Å². The van der Waals surface area contributed by atoms with Crippen LogP contribution in [-0.4, -0.2) is 5.91 Å². The van der Waals surface area contributed by atoms with Gasteiger partial charge in [-0.3, -0.25) is 4.79 Å². The zero-order valence-corrected chi connectivity index (χ0v) is 12.9. The summed E-state index contributed by atoms with van der Waals surface area (Å²) in [6, 6.07) is 8.75.